The molecule has 0 fully saturated rings. The molecule has 0 saturated carbocycles. The summed E-state index contributed by atoms with van der Waals surface area (Å²) in [4.78, 5) is 12.2. The molecule has 0 aliphatic heterocycles. The van der Waals surface area contributed by atoms with Crippen LogP contribution in [0.25, 0.3) is 0 Å². The molecule has 0 heterocycles. The van der Waals surface area contributed by atoms with Gasteiger partial charge < -0.3 is 9.47 Å². The number of hydrogen-bond donors (Lipinski definition) is 0. The third-order valence-corrected chi connectivity index (χ3v) is 3.65. The van der Waals surface area contributed by atoms with Gasteiger partial charge >= 0.3 is 0 Å². The lowest BCUT2D eigenvalue weighted by atomic mass is 10.0. The minimum Gasteiger partial charge on any atom is -0.497 e. The van der Waals surface area contributed by atoms with Crippen molar-refractivity contribution in [2.75, 3.05) is 13.7 Å². The first kappa shape index (κ1) is 16.1. The Labute approximate surface area is 131 Å². The van der Waals surface area contributed by atoms with Crippen LogP contribution in [0.4, 0.5) is 0 Å². The van der Waals surface area contributed by atoms with E-state index in [4.69, 9.17) is 9.47 Å². The van der Waals surface area contributed by atoms with Gasteiger partial charge in [-0.1, -0.05) is 26.0 Å². The molecule has 3 heteroatoms. The zero-order valence-electron chi connectivity index (χ0n) is 13.6. The van der Waals surface area contributed by atoms with Gasteiger partial charge in [0.25, 0.3) is 0 Å². The maximum absolute atomic E-state index is 12.2. The second kappa shape index (κ2) is 7.12. The first-order valence-corrected chi connectivity index (χ1v) is 7.42. The van der Waals surface area contributed by atoms with E-state index < -0.39 is 0 Å². The van der Waals surface area contributed by atoms with Gasteiger partial charge in [0.15, 0.2) is 12.4 Å². The van der Waals surface area contributed by atoms with E-state index in [1.54, 1.807) is 31.4 Å². The zero-order valence-corrected chi connectivity index (χ0v) is 13.6. The second-order valence-corrected chi connectivity index (χ2v) is 5.62. The molecule has 2 aromatic carbocycles. The van der Waals surface area contributed by atoms with Crippen LogP contribution in [0.2, 0.25) is 0 Å². The molecule has 22 heavy (non-hydrogen) atoms. The highest BCUT2D eigenvalue weighted by molar-refractivity contribution is 5.97. The number of carbonyl (C=O) groups is 1. The second-order valence-electron chi connectivity index (χ2n) is 5.62. The van der Waals surface area contributed by atoms with Crippen LogP contribution in [-0.4, -0.2) is 19.5 Å². The number of ether oxygens (including phenoxy) is 2. The van der Waals surface area contributed by atoms with Crippen molar-refractivity contribution in [3.05, 3.63) is 59.2 Å². The lowest BCUT2D eigenvalue weighted by molar-refractivity contribution is 0.0921. The zero-order chi connectivity index (χ0) is 16.1. The highest BCUT2D eigenvalue weighted by atomic mass is 16.5. The molecule has 0 unspecified atom stereocenters. The van der Waals surface area contributed by atoms with Gasteiger partial charge in [0, 0.05) is 5.56 Å². The Kier molecular flexibility index (Phi) is 5.21. The highest BCUT2D eigenvalue weighted by Gasteiger charge is 2.10. The lowest BCUT2D eigenvalue weighted by Gasteiger charge is -2.12. The Balaban J connectivity index is 2.05. The smallest absolute Gasteiger partial charge is 0.200 e. The summed E-state index contributed by atoms with van der Waals surface area (Å²) in [6, 6.07) is 13.2. The molecule has 0 aliphatic carbocycles. The number of aryl methyl sites for hydroxylation is 1. The topological polar surface area (TPSA) is 35.5 Å². The first-order valence-electron chi connectivity index (χ1n) is 7.42. The summed E-state index contributed by atoms with van der Waals surface area (Å²) in [5.74, 6) is 1.89. The predicted molar refractivity (Wildman–Crippen MR) is 88.1 cm³/mol. The summed E-state index contributed by atoms with van der Waals surface area (Å²) in [7, 11) is 1.60. The molecular weight excluding hydrogens is 276 g/mol. The normalized spacial score (nSPS) is 10.6. The van der Waals surface area contributed by atoms with Crippen molar-refractivity contribution < 1.29 is 14.3 Å². The molecular formula is C19H22O3. The third kappa shape index (κ3) is 3.88. The Hall–Kier alpha value is -2.29. The fourth-order valence-corrected chi connectivity index (χ4v) is 2.13. The first-order chi connectivity index (χ1) is 10.5. The van der Waals surface area contributed by atoms with Crippen molar-refractivity contribution in [3.63, 3.8) is 0 Å². The van der Waals surface area contributed by atoms with Crippen molar-refractivity contribution in [1.29, 1.82) is 0 Å². The van der Waals surface area contributed by atoms with Crippen molar-refractivity contribution in [2.24, 2.45) is 0 Å². The quantitative estimate of drug-likeness (QED) is 0.742. The maximum Gasteiger partial charge on any atom is 0.200 e. The molecule has 0 aromatic heterocycles. The number of benzene rings is 2. The summed E-state index contributed by atoms with van der Waals surface area (Å²) in [6.45, 7) is 6.29. The van der Waals surface area contributed by atoms with Crippen molar-refractivity contribution in [2.45, 2.75) is 26.7 Å². The summed E-state index contributed by atoms with van der Waals surface area (Å²) < 4.78 is 10.8. The van der Waals surface area contributed by atoms with Gasteiger partial charge in [0.1, 0.15) is 11.5 Å². The molecule has 0 radical (unpaired) electrons. The summed E-state index contributed by atoms with van der Waals surface area (Å²) in [5.41, 5.74) is 2.86. The summed E-state index contributed by atoms with van der Waals surface area (Å²) in [5, 5.41) is 0. The molecule has 0 spiro atoms. The molecule has 0 aliphatic rings. The van der Waals surface area contributed by atoms with Crippen LogP contribution in [0, 0.1) is 6.92 Å². The number of hydrogen-bond acceptors (Lipinski definition) is 3. The SMILES string of the molecule is COc1ccc(C(=O)COc2cc(C(C)C)ccc2C)cc1. The minimum absolute atomic E-state index is 0.0364. The van der Waals surface area contributed by atoms with Crippen molar-refractivity contribution >= 4 is 5.78 Å². The van der Waals surface area contributed by atoms with Crippen LogP contribution in [0.1, 0.15) is 41.3 Å². The van der Waals surface area contributed by atoms with Gasteiger partial charge in [0.05, 0.1) is 7.11 Å². The van der Waals surface area contributed by atoms with Crippen molar-refractivity contribution in [1.82, 2.24) is 0 Å². The third-order valence-electron chi connectivity index (χ3n) is 3.65. The average molecular weight is 298 g/mol. The Morgan fingerprint density at radius 1 is 1.09 bits per heavy atom. The van der Waals surface area contributed by atoms with Crippen LogP contribution in [0.5, 0.6) is 11.5 Å². The molecule has 0 N–H and O–H groups in total. The molecule has 0 atom stereocenters. The van der Waals surface area contributed by atoms with Crippen LogP contribution in [0.15, 0.2) is 42.5 Å². The Morgan fingerprint density at radius 2 is 1.77 bits per heavy atom. The van der Waals surface area contributed by atoms with Crippen LogP contribution in [0.3, 0.4) is 0 Å². The van der Waals surface area contributed by atoms with E-state index in [-0.39, 0.29) is 12.4 Å². The fraction of sp³-hybridized carbons (Fsp3) is 0.316. The van der Waals surface area contributed by atoms with E-state index in [9.17, 15) is 4.79 Å². The molecule has 0 bridgehead atoms. The van der Waals surface area contributed by atoms with Crippen molar-refractivity contribution in [3.8, 4) is 11.5 Å². The summed E-state index contributed by atoms with van der Waals surface area (Å²) >= 11 is 0. The number of Topliss-reactive ketones (excluding diaryl/α,β-unsaturated/α-hetero) is 1. The van der Waals surface area contributed by atoms with E-state index in [1.165, 1.54) is 5.56 Å². The monoisotopic (exact) mass is 298 g/mol. The fourth-order valence-electron chi connectivity index (χ4n) is 2.13. The maximum atomic E-state index is 12.2. The number of carbonyl (C=O) groups excluding carboxylic acids is 1. The molecule has 2 aromatic rings. The molecule has 3 nitrogen and oxygen atoms in total. The molecule has 116 valence electrons. The largest absolute Gasteiger partial charge is 0.497 e. The van der Waals surface area contributed by atoms with Gasteiger partial charge in [-0.3, -0.25) is 4.79 Å². The van der Waals surface area contributed by atoms with E-state index in [0.29, 0.717) is 11.5 Å². The summed E-state index contributed by atoms with van der Waals surface area (Å²) in [6.07, 6.45) is 0. The van der Waals surface area contributed by atoms with E-state index in [1.807, 2.05) is 19.1 Å². The van der Waals surface area contributed by atoms with Gasteiger partial charge in [0.2, 0.25) is 0 Å². The average Bonchev–Trinajstić information content (AvgIpc) is 2.53. The van der Waals surface area contributed by atoms with Crippen LogP contribution >= 0.6 is 0 Å². The van der Waals surface area contributed by atoms with E-state index in [0.717, 1.165) is 17.1 Å². The van der Waals surface area contributed by atoms with E-state index in [2.05, 4.69) is 19.9 Å². The predicted octanol–water partition coefficient (Wildman–Crippen LogP) is 4.39. The number of ketones is 1. The highest BCUT2D eigenvalue weighted by Crippen LogP contribution is 2.24. The van der Waals surface area contributed by atoms with Crippen LogP contribution < -0.4 is 9.47 Å². The molecule has 2 rings (SSSR count). The van der Waals surface area contributed by atoms with Gasteiger partial charge in [-0.2, -0.15) is 0 Å². The number of methoxy groups -OCH3 is 1. The van der Waals surface area contributed by atoms with Gasteiger partial charge in [-0.15, -0.1) is 0 Å². The number of rotatable bonds is 6. The Bertz CT molecular complexity index is 642. The molecule has 0 amide bonds. The van der Waals surface area contributed by atoms with E-state index >= 15 is 0 Å². The standard InChI is InChI=1S/C19H22O3/c1-13(2)16-6-5-14(3)19(11-16)22-12-18(20)15-7-9-17(21-4)10-8-15/h5-11,13H,12H2,1-4H3. The molecule has 0 saturated heterocycles. The minimum atomic E-state index is -0.0444. The Morgan fingerprint density at radius 3 is 2.36 bits per heavy atom. The van der Waals surface area contributed by atoms with Gasteiger partial charge in [-0.25, -0.2) is 0 Å². The lowest BCUT2D eigenvalue weighted by Crippen LogP contribution is -2.12. The van der Waals surface area contributed by atoms with Crippen LogP contribution in [-0.2, 0) is 0 Å². The van der Waals surface area contributed by atoms with Gasteiger partial charge in [-0.05, 0) is 54.3 Å².